The zero-order chi connectivity index (χ0) is 16.4. The van der Waals surface area contributed by atoms with Crippen molar-refractivity contribution in [1.82, 2.24) is 20.0 Å². The number of fused-ring (bicyclic) bond motifs is 1. The molecule has 0 N–H and O–H groups in total. The van der Waals surface area contributed by atoms with Gasteiger partial charge < -0.3 is 0 Å². The highest BCUT2D eigenvalue weighted by Crippen LogP contribution is 2.26. The molecule has 0 aliphatic carbocycles. The maximum absolute atomic E-state index is 12.1. The van der Waals surface area contributed by atoms with Gasteiger partial charge in [-0.1, -0.05) is 42.5 Å². The molecule has 0 aliphatic rings. The minimum atomic E-state index is -0.162. The van der Waals surface area contributed by atoms with Crippen LogP contribution in [-0.2, 0) is 6.54 Å². The van der Waals surface area contributed by atoms with E-state index in [0.717, 1.165) is 22.0 Å². The van der Waals surface area contributed by atoms with Crippen molar-refractivity contribution in [2.45, 2.75) is 6.54 Å². The van der Waals surface area contributed by atoms with Crippen LogP contribution in [0.1, 0.15) is 5.69 Å². The summed E-state index contributed by atoms with van der Waals surface area (Å²) >= 11 is 0. The fourth-order valence-corrected chi connectivity index (χ4v) is 2.73. The van der Waals surface area contributed by atoms with E-state index in [1.165, 1.54) is 4.68 Å². The Morgan fingerprint density at radius 3 is 2.62 bits per heavy atom. The normalized spacial score (nSPS) is 10.8. The first-order valence-electron chi connectivity index (χ1n) is 7.64. The molecule has 0 spiro atoms. The molecule has 2 aromatic carbocycles. The van der Waals surface area contributed by atoms with Crippen LogP contribution in [0.15, 0.2) is 77.7 Å². The van der Waals surface area contributed by atoms with Gasteiger partial charge in [0.1, 0.15) is 0 Å². The van der Waals surface area contributed by atoms with Gasteiger partial charge in [-0.15, -0.1) is 0 Å². The van der Waals surface area contributed by atoms with E-state index in [2.05, 4.69) is 33.5 Å². The molecule has 0 amide bonds. The Balaban J connectivity index is 1.82. The first-order valence-corrected chi connectivity index (χ1v) is 7.64. The summed E-state index contributed by atoms with van der Waals surface area (Å²) < 4.78 is 1.42. The quantitative estimate of drug-likeness (QED) is 0.583. The maximum Gasteiger partial charge on any atom is 0.267 e. The summed E-state index contributed by atoms with van der Waals surface area (Å²) in [5.41, 5.74) is 2.29. The van der Waals surface area contributed by atoms with Gasteiger partial charge in [0, 0.05) is 17.8 Å². The summed E-state index contributed by atoms with van der Waals surface area (Å²) in [6.45, 7) is 0.297. The molecule has 5 heteroatoms. The number of hydrogen-bond acceptors (Lipinski definition) is 4. The molecule has 0 saturated heterocycles. The molecular weight excluding hydrogens is 300 g/mol. The van der Waals surface area contributed by atoms with Crippen molar-refractivity contribution in [1.29, 1.82) is 0 Å². The van der Waals surface area contributed by atoms with E-state index in [1.807, 2.05) is 30.3 Å². The van der Waals surface area contributed by atoms with E-state index in [9.17, 15) is 4.79 Å². The van der Waals surface area contributed by atoms with Crippen LogP contribution >= 0.6 is 0 Å². The second-order valence-electron chi connectivity index (χ2n) is 5.46. The molecule has 0 radical (unpaired) electrons. The first kappa shape index (κ1) is 14.3. The average Bonchev–Trinajstić information content (AvgIpc) is 2.64. The SMILES string of the molecule is O=c1ccc(-c2cccc3ccccc23)nn1Cc1cccnn1. The lowest BCUT2D eigenvalue weighted by Crippen LogP contribution is -2.23. The van der Waals surface area contributed by atoms with Gasteiger partial charge in [0.15, 0.2) is 0 Å². The minimum Gasteiger partial charge on any atom is -0.268 e. The van der Waals surface area contributed by atoms with E-state index in [-0.39, 0.29) is 5.56 Å². The molecule has 24 heavy (non-hydrogen) atoms. The van der Waals surface area contributed by atoms with E-state index in [1.54, 1.807) is 24.4 Å². The first-order chi connectivity index (χ1) is 11.8. The number of nitrogens with zero attached hydrogens (tertiary/aromatic N) is 4. The zero-order valence-corrected chi connectivity index (χ0v) is 12.8. The average molecular weight is 314 g/mol. The van der Waals surface area contributed by atoms with Crippen LogP contribution in [0, 0.1) is 0 Å². The molecule has 0 atom stereocenters. The van der Waals surface area contributed by atoms with Gasteiger partial charge in [-0.3, -0.25) is 4.79 Å². The van der Waals surface area contributed by atoms with Gasteiger partial charge in [-0.05, 0) is 29.0 Å². The number of rotatable bonds is 3. The molecule has 4 rings (SSSR count). The predicted octanol–water partition coefficient (Wildman–Crippen LogP) is 2.90. The Morgan fingerprint density at radius 2 is 1.75 bits per heavy atom. The van der Waals surface area contributed by atoms with Crippen molar-refractivity contribution in [3.8, 4) is 11.3 Å². The van der Waals surface area contributed by atoms with Gasteiger partial charge in [0.25, 0.3) is 5.56 Å². The van der Waals surface area contributed by atoms with Crippen LogP contribution in [-0.4, -0.2) is 20.0 Å². The Kier molecular flexibility index (Phi) is 3.59. The van der Waals surface area contributed by atoms with Crippen molar-refractivity contribution < 1.29 is 0 Å². The molecule has 116 valence electrons. The molecule has 0 saturated carbocycles. The van der Waals surface area contributed by atoms with Crippen molar-refractivity contribution in [2.75, 3.05) is 0 Å². The van der Waals surface area contributed by atoms with Gasteiger partial charge >= 0.3 is 0 Å². The fourth-order valence-electron chi connectivity index (χ4n) is 2.73. The molecule has 0 bridgehead atoms. The highest BCUT2D eigenvalue weighted by molar-refractivity contribution is 5.95. The highest BCUT2D eigenvalue weighted by atomic mass is 16.1. The molecule has 0 fully saturated rings. The van der Waals surface area contributed by atoms with Crippen LogP contribution in [0.25, 0.3) is 22.0 Å². The number of hydrogen-bond donors (Lipinski definition) is 0. The molecule has 4 aromatic rings. The van der Waals surface area contributed by atoms with Gasteiger partial charge in [-0.25, -0.2) is 4.68 Å². The Hall–Kier alpha value is -3.34. The third-order valence-electron chi connectivity index (χ3n) is 3.87. The Labute approximate surface area is 138 Å². The van der Waals surface area contributed by atoms with E-state index >= 15 is 0 Å². The predicted molar refractivity (Wildman–Crippen MR) is 92.6 cm³/mol. The van der Waals surface area contributed by atoms with Gasteiger partial charge in [0.05, 0.1) is 17.9 Å². The standard InChI is InChI=1S/C19H14N4O/c24-19-11-10-18(22-23(19)13-15-7-4-12-20-21-15)17-9-3-6-14-5-1-2-8-16(14)17/h1-12H,13H2. The summed E-state index contributed by atoms with van der Waals surface area (Å²) in [4.78, 5) is 12.1. The monoisotopic (exact) mass is 314 g/mol. The zero-order valence-electron chi connectivity index (χ0n) is 12.8. The molecular formula is C19H14N4O. The third-order valence-corrected chi connectivity index (χ3v) is 3.87. The summed E-state index contributed by atoms with van der Waals surface area (Å²) in [6.07, 6.45) is 1.60. The largest absolute Gasteiger partial charge is 0.268 e. The minimum absolute atomic E-state index is 0.162. The van der Waals surface area contributed by atoms with Gasteiger partial charge in [0.2, 0.25) is 0 Å². The Morgan fingerprint density at radius 1 is 0.875 bits per heavy atom. The van der Waals surface area contributed by atoms with E-state index < -0.39 is 0 Å². The second kappa shape index (κ2) is 6.04. The summed E-state index contributed by atoms with van der Waals surface area (Å²) in [5.74, 6) is 0. The summed E-state index contributed by atoms with van der Waals surface area (Å²) in [5, 5.41) is 14.6. The third kappa shape index (κ3) is 2.67. The number of benzene rings is 2. The van der Waals surface area contributed by atoms with Crippen molar-refractivity contribution in [2.24, 2.45) is 0 Å². The molecule has 2 aromatic heterocycles. The maximum atomic E-state index is 12.1. The second-order valence-corrected chi connectivity index (χ2v) is 5.46. The fraction of sp³-hybridized carbons (Fsp3) is 0.0526. The van der Waals surface area contributed by atoms with Gasteiger partial charge in [-0.2, -0.15) is 15.3 Å². The van der Waals surface area contributed by atoms with E-state index in [4.69, 9.17) is 0 Å². The molecule has 2 heterocycles. The number of aromatic nitrogens is 4. The lowest BCUT2D eigenvalue weighted by molar-refractivity contribution is 0.624. The lowest BCUT2D eigenvalue weighted by atomic mass is 10.0. The summed E-state index contributed by atoms with van der Waals surface area (Å²) in [6, 6.07) is 21.1. The van der Waals surface area contributed by atoms with Crippen LogP contribution in [0.3, 0.4) is 0 Å². The van der Waals surface area contributed by atoms with Crippen LogP contribution in [0.5, 0.6) is 0 Å². The topological polar surface area (TPSA) is 60.7 Å². The lowest BCUT2D eigenvalue weighted by Gasteiger charge is -2.09. The van der Waals surface area contributed by atoms with Crippen molar-refractivity contribution >= 4 is 10.8 Å². The molecule has 5 nitrogen and oxygen atoms in total. The van der Waals surface area contributed by atoms with Crippen LogP contribution < -0.4 is 5.56 Å². The van der Waals surface area contributed by atoms with Crippen LogP contribution in [0.2, 0.25) is 0 Å². The van der Waals surface area contributed by atoms with Crippen LogP contribution in [0.4, 0.5) is 0 Å². The van der Waals surface area contributed by atoms with Crippen molar-refractivity contribution in [3.63, 3.8) is 0 Å². The Bertz CT molecular complexity index is 1050. The van der Waals surface area contributed by atoms with Crippen molar-refractivity contribution in [3.05, 3.63) is 89.0 Å². The van der Waals surface area contributed by atoms with E-state index in [0.29, 0.717) is 12.2 Å². The molecule has 0 unspecified atom stereocenters. The summed E-state index contributed by atoms with van der Waals surface area (Å²) in [7, 11) is 0. The smallest absolute Gasteiger partial charge is 0.267 e. The highest BCUT2D eigenvalue weighted by Gasteiger charge is 2.08. The molecule has 0 aliphatic heterocycles.